The van der Waals surface area contributed by atoms with Crippen LogP contribution in [0.4, 0.5) is 0 Å². The van der Waals surface area contributed by atoms with Gasteiger partial charge in [0.15, 0.2) is 0 Å². The Labute approximate surface area is 87.7 Å². The second-order valence-corrected chi connectivity index (χ2v) is 5.07. The molecule has 0 bridgehead atoms. The standard InChI is InChI=1S/C10H10IN2/c1-11-6-8-5-10-9(13-7-8)3-2-4-12-10/h2-5,7H,6H2,1H3/q-1. The average Bonchev–Trinajstić information content (AvgIpc) is 2.18. The van der Waals surface area contributed by atoms with E-state index >= 15 is 0 Å². The third-order valence-corrected chi connectivity index (χ3v) is 3.44. The molecular weight excluding hydrogens is 275 g/mol. The van der Waals surface area contributed by atoms with E-state index in [1.807, 2.05) is 24.5 Å². The van der Waals surface area contributed by atoms with Crippen LogP contribution in [0.3, 0.4) is 0 Å². The Morgan fingerprint density at radius 3 is 3.08 bits per heavy atom. The summed E-state index contributed by atoms with van der Waals surface area (Å²) in [5.74, 6) is 0. The van der Waals surface area contributed by atoms with Gasteiger partial charge in [-0.3, -0.25) is 0 Å². The molecule has 0 saturated heterocycles. The zero-order valence-electron chi connectivity index (χ0n) is 7.37. The van der Waals surface area contributed by atoms with Crippen LogP contribution in [-0.2, 0) is 4.43 Å². The zero-order chi connectivity index (χ0) is 9.10. The molecule has 0 aromatic carbocycles. The second-order valence-electron chi connectivity index (χ2n) is 2.79. The van der Waals surface area contributed by atoms with Crippen molar-refractivity contribution in [1.82, 2.24) is 9.97 Å². The molecule has 68 valence electrons. The van der Waals surface area contributed by atoms with Gasteiger partial charge in [-0.2, -0.15) is 0 Å². The Bertz CT molecular complexity index is 414. The third-order valence-electron chi connectivity index (χ3n) is 1.80. The zero-order valence-corrected chi connectivity index (χ0v) is 9.52. The molecule has 0 radical (unpaired) electrons. The van der Waals surface area contributed by atoms with E-state index in [0.29, 0.717) is 21.2 Å². The van der Waals surface area contributed by atoms with E-state index in [-0.39, 0.29) is 0 Å². The fraction of sp³-hybridized carbons (Fsp3) is 0.200. The number of hydrogen-bond acceptors (Lipinski definition) is 2. The Kier molecular flexibility index (Phi) is 2.73. The monoisotopic (exact) mass is 285 g/mol. The molecule has 0 fully saturated rings. The quantitative estimate of drug-likeness (QED) is 0.514. The van der Waals surface area contributed by atoms with E-state index in [2.05, 4.69) is 21.0 Å². The van der Waals surface area contributed by atoms with Gasteiger partial charge in [0.05, 0.1) is 0 Å². The molecule has 0 spiro atoms. The molecule has 0 aliphatic rings. The van der Waals surface area contributed by atoms with Gasteiger partial charge in [0.1, 0.15) is 0 Å². The van der Waals surface area contributed by atoms with E-state index < -0.39 is 0 Å². The van der Waals surface area contributed by atoms with Crippen LogP contribution in [-0.4, -0.2) is 14.9 Å². The van der Waals surface area contributed by atoms with Gasteiger partial charge >= 0.3 is 87.7 Å². The summed E-state index contributed by atoms with van der Waals surface area (Å²) in [4.78, 5) is 10.9. The molecule has 2 rings (SSSR count). The van der Waals surface area contributed by atoms with Gasteiger partial charge < -0.3 is 0 Å². The van der Waals surface area contributed by atoms with Crippen LogP contribution in [0.2, 0.25) is 0 Å². The molecule has 2 heterocycles. The van der Waals surface area contributed by atoms with E-state index in [9.17, 15) is 0 Å². The van der Waals surface area contributed by atoms with Crippen molar-refractivity contribution in [2.75, 3.05) is 4.93 Å². The molecule has 0 saturated carbocycles. The topological polar surface area (TPSA) is 25.8 Å². The molecule has 3 heteroatoms. The molecular formula is C10H10IN2-. The van der Waals surface area contributed by atoms with E-state index in [4.69, 9.17) is 0 Å². The van der Waals surface area contributed by atoms with E-state index in [1.54, 1.807) is 0 Å². The van der Waals surface area contributed by atoms with Gasteiger partial charge in [-0.05, 0) is 0 Å². The normalized spacial score (nSPS) is 10.8. The molecule has 2 aromatic heterocycles. The van der Waals surface area contributed by atoms with Crippen molar-refractivity contribution in [2.24, 2.45) is 0 Å². The molecule has 0 aliphatic heterocycles. The number of halogens is 1. The predicted octanol–water partition coefficient (Wildman–Crippen LogP) is -1.15. The number of hydrogen-bond donors (Lipinski definition) is 0. The van der Waals surface area contributed by atoms with Gasteiger partial charge in [0.2, 0.25) is 0 Å². The van der Waals surface area contributed by atoms with Crippen LogP contribution in [0.15, 0.2) is 30.6 Å². The Hall–Kier alpha value is -0.710. The SMILES string of the molecule is C[I-]Cc1cnc2cccnc2c1. The first-order chi connectivity index (χ1) is 6.40. The maximum absolute atomic E-state index is 4.35. The minimum atomic E-state index is 0.304. The summed E-state index contributed by atoms with van der Waals surface area (Å²) in [6, 6.07) is 6.06. The van der Waals surface area contributed by atoms with Gasteiger partial charge in [-0.1, -0.05) is 0 Å². The Morgan fingerprint density at radius 2 is 2.23 bits per heavy atom. The van der Waals surface area contributed by atoms with E-state index in [1.165, 1.54) is 9.99 Å². The van der Waals surface area contributed by atoms with Crippen molar-refractivity contribution in [3.05, 3.63) is 36.2 Å². The summed E-state index contributed by atoms with van der Waals surface area (Å²) in [6.07, 6.45) is 3.78. The van der Waals surface area contributed by atoms with Crippen molar-refractivity contribution in [3.63, 3.8) is 0 Å². The molecule has 0 atom stereocenters. The van der Waals surface area contributed by atoms with Crippen LogP contribution in [0, 0.1) is 0 Å². The summed E-state index contributed by atoms with van der Waals surface area (Å²) in [5, 5.41) is 0. The number of pyridine rings is 2. The number of nitrogens with zero attached hydrogens (tertiary/aromatic N) is 2. The van der Waals surface area contributed by atoms with Gasteiger partial charge in [-0.15, -0.1) is 0 Å². The number of aromatic nitrogens is 2. The second kappa shape index (κ2) is 4.00. The molecule has 13 heavy (non-hydrogen) atoms. The average molecular weight is 285 g/mol. The first-order valence-electron chi connectivity index (χ1n) is 4.03. The third kappa shape index (κ3) is 1.96. The fourth-order valence-electron chi connectivity index (χ4n) is 1.22. The van der Waals surface area contributed by atoms with Crippen molar-refractivity contribution >= 4 is 11.0 Å². The number of rotatable bonds is 2. The van der Waals surface area contributed by atoms with Crippen LogP contribution in [0.25, 0.3) is 11.0 Å². The molecule has 2 aromatic rings. The summed E-state index contributed by atoms with van der Waals surface area (Å²) < 4.78 is 1.19. The van der Waals surface area contributed by atoms with Gasteiger partial charge in [-0.25, -0.2) is 0 Å². The van der Waals surface area contributed by atoms with Gasteiger partial charge in [0, 0.05) is 0 Å². The summed E-state index contributed by atoms with van der Waals surface area (Å²) in [7, 11) is 0. The van der Waals surface area contributed by atoms with Crippen LogP contribution < -0.4 is 21.2 Å². The molecule has 0 amide bonds. The number of alkyl halides is 2. The van der Waals surface area contributed by atoms with Crippen molar-refractivity contribution in [2.45, 2.75) is 4.43 Å². The van der Waals surface area contributed by atoms with Crippen molar-refractivity contribution in [1.29, 1.82) is 0 Å². The Morgan fingerprint density at radius 1 is 1.31 bits per heavy atom. The predicted molar refractivity (Wildman–Crippen MR) is 49.2 cm³/mol. The maximum atomic E-state index is 4.35. The van der Waals surface area contributed by atoms with Gasteiger partial charge in [0.25, 0.3) is 0 Å². The van der Waals surface area contributed by atoms with Crippen LogP contribution in [0.1, 0.15) is 5.56 Å². The number of fused-ring (bicyclic) bond motifs is 1. The van der Waals surface area contributed by atoms with Crippen molar-refractivity contribution < 1.29 is 21.2 Å². The molecule has 0 N–H and O–H groups in total. The van der Waals surface area contributed by atoms with Crippen molar-refractivity contribution in [3.8, 4) is 0 Å². The molecule has 0 unspecified atom stereocenters. The Balaban J connectivity index is 2.49. The summed E-state index contributed by atoms with van der Waals surface area (Å²) in [6.45, 7) is 0. The summed E-state index contributed by atoms with van der Waals surface area (Å²) >= 11 is 0.304. The molecule has 0 aliphatic carbocycles. The van der Waals surface area contributed by atoms with Crippen LogP contribution >= 0.6 is 0 Å². The van der Waals surface area contributed by atoms with Crippen LogP contribution in [0.5, 0.6) is 0 Å². The summed E-state index contributed by atoms with van der Waals surface area (Å²) in [5.41, 5.74) is 3.32. The first-order valence-corrected chi connectivity index (χ1v) is 7.72. The van der Waals surface area contributed by atoms with E-state index in [0.717, 1.165) is 11.0 Å². The minimum absolute atomic E-state index is 0.304. The molecule has 2 nitrogen and oxygen atoms in total. The first kappa shape index (κ1) is 8.87. The fourth-order valence-corrected chi connectivity index (χ4v) is 2.52.